The van der Waals surface area contributed by atoms with E-state index in [-0.39, 0.29) is 5.38 Å². The molecule has 104 valence electrons. The van der Waals surface area contributed by atoms with Crippen LogP contribution in [-0.2, 0) is 13.1 Å². The van der Waals surface area contributed by atoms with Crippen molar-refractivity contribution < 1.29 is 0 Å². The van der Waals surface area contributed by atoms with E-state index >= 15 is 0 Å². The van der Waals surface area contributed by atoms with Crippen molar-refractivity contribution in [2.24, 2.45) is 0 Å². The van der Waals surface area contributed by atoms with Crippen LogP contribution in [0.3, 0.4) is 0 Å². The van der Waals surface area contributed by atoms with Gasteiger partial charge in [0.1, 0.15) is 0 Å². The molecule has 19 heavy (non-hydrogen) atoms. The Morgan fingerprint density at radius 2 is 1.89 bits per heavy atom. The summed E-state index contributed by atoms with van der Waals surface area (Å²) >= 11 is 6.22. The van der Waals surface area contributed by atoms with Gasteiger partial charge in [0.25, 0.3) is 0 Å². The molecule has 5 heteroatoms. The summed E-state index contributed by atoms with van der Waals surface area (Å²) in [5, 5.41) is 9.06. The van der Waals surface area contributed by atoms with Gasteiger partial charge in [-0.2, -0.15) is 10.2 Å². The van der Waals surface area contributed by atoms with Crippen LogP contribution in [0.5, 0.6) is 0 Å². The van der Waals surface area contributed by atoms with Crippen LogP contribution >= 0.6 is 11.6 Å². The van der Waals surface area contributed by atoms with Gasteiger partial charge in [0.2, 0.25) is 0 Å². The molecule has 0 bridgehead atoms. The first kappa shape index (κ1) is 14.1. The Morgan fingerprint density at radius 3 is 2.42 bits per heavy atom. The molecular formula is C14H21ClN4. The second-order valence-corrected chi connectivity index (χ2v) is 5.61. The lowest BCUT2D eigenvalue weighted by atomic mass is 10.1. The van der Waals surface area contributed by atoms with Crippen molar-refractivity contribution in [1.29, 1.82) is 0 Å². The fourth-order valence-electron chi connectivity index (χ4n) is 2.59. The molecule has 0 amide bonds. The van der Waals surface area contributed by atoms with Crippen LogP contribution in [0.1, 0.15) is 47.6 Å². The van der Waals surface area contributed by atoms with E-state index in [1.165, 1.54) is 5.69 Å². The fraction of sp³-hybridized carbons (Fsp3) is 0.571. The molecule has 0 radical (unpaired) electrons. The Kier molecular flexibility index (Phi) is 3.99. The first-order valence-corrected chi connectivity index (χ1v) is 7.09. The molecule has 0 aliphatic heterocycles. The molecule has 0 N–H and O–H groups in total. The van der Waals surface area contributed by atoms with Gasteiger partial charge in [-0.05, 0) is 40.7 Å². The number of aryl methyl sites for hydroxylation is 3. The van der Waals surface area contributed by atoms with Crippen molar-refractivity contribution >= 4 is 11.6 Å². The highest BCUT2D eigenvalue weighted by Gasteiger charge is 2.16. The molecule has 1 unspecified atom stereocenters. The molecule has 0 spiro atoms. The van der Waals surface area contributed by atoms with Crippen molar-refractivity contribution in [3.63, 3.8) is 0 Å². The zero-order chi connectivity index (χ0) is 14.2. The number of nitrogens with zero attached hydrogens (tertiary/aromatic N) is 4. The highest BCUT2D eigenvalue weighted by atomic mass is 35.5. The lowest BCUT2D eigenvalue weighted by Gasteiger charge is -2.08. The largest absolute Gasteiger partial charge is 0.268 e. The van der Waals surface area contributed by atoms with Gasteiger partial charge in [-0.3, -0.25) is 9.36 Å². The molecule has 0 aliphatic rings. The van der Waals surface area contributed by atoms with Gasteiger partial charge >= 0.3 is 0 Å². The number of aromatic nitrogens is 4. The van der Waals surface area contributed by atoms with Crippen molar-refractivity contribution in [3.8, 4) is 0 Å². The van der Waals surface area contributed by atoms with Gasteiger partial charge in [0.05, 0.1) is 29.0 Å². The summed E-state index contributed by atoms with van der Waals surface area (Å²) in [6, 6.07) is 2.11. The summed E-state index contributed by atoms with van der Waals surface area (Å²) in [5.41, 5.74) is 5.52. The zero-order valence-electron chi connectivity index (χ0n) is 12.2. The van der Waals surface area contributed by atoms with Crippen molar-refractivity contribution in [2.45, 2.75) is 53.1 Å². The first-order valence-electron chi connectivity index (χ1n) is 6.65. The first-order chi connectivity index (χ1) is 8.93. The third-order valence-corrected chi connectivity index (χ3v) is 3.65. The average molecular weight is 281 g/mol. The van der Waals surface area contributed by atoms with Crippen LogP contribution in [0.15, 0.2) is 6.07 Å². The fourth-order valence-corrected chi connectivity index (χ4v) is 2.91. The smallest absolute Gasteiger partial charge is 0.0831 e. The molecule has 4 nitrogen and oxygen atoms in total. The SMILES string of the molecule is CCn1nc(C)cc1Cn1nc(C)c(C(C)Cl)c1C. The van der Waals surface area contributed by atoms with Crippen LogP contribution in [0, 0.1) is 20.8 Å². The van der Waals surface area contributed by atoms with E-state index < -0.39 is 0 Å². The quantitative estimate of drug-likeness (QED) is 0.805. The van der Waals surface area contributed by atoms with Gasteiger partial charge in [0.15, 0.2) is 0 Å². The van der Waals surface area contributed by atoms with E-state index in [0.29, 0.717) is 0 Å². The predicted molar refractivity (Wildman–Crippen MR) is 77.7 cm³/mol. The molecule has 0 saturated carbocycles. The maximum Gasteiger partial charge on any atom is 0.0831 e. The molecule has 0 aliphatic carbocycles. The van der Waals surface area contributed by atoms with E-state index in [0.717, 1.165) is 35.7 Å². The van der Waals surface area contributed by atoms with Crippen LogP contribution < -0.4 is 0 Å². The standard InChI is InChI=1S/C14H21ClN4/c1-6-18-13(7-9(2)16-18)8-19-12(5)14(10(3)15)11(4)17-19/h7,10H,6,8H2,1-5H3. The number of hydrogen-bond donors (Lipinski definition) is 0. The van der Waals surface area contributed by atoms with Crippen LogP contribution in [0.2, 0.25) is 0 Å². The molecule has 0 aromatic carbocycles. The second-order valence-electron chi connectivity index (χ2n) is 4.95. The monoisotopic (exact) mass is 280 g/mol. The number of alkyl halides is 1. The van der Waals surface area contributed by atoms with Gasteiger partial charge in [-0.15, -0.1) is 11.6 Å². The summed E-state index contributed by atoms with van der Waals surface area (Å²) in [6.45, 7) is 11.8. The van der Waals surface area contributed by atoms with E-state index in [1.807, 2.05) is 30.1 Å². The van der Waals surface area contributed by atoms with Gasteiger partial charge in [0, 0.05) is 17.8 Å². The van der Waals surface area contributed by atoms with Crippen LogP contribution in [0.4, 0.5) is 0 Å². The average Bonchev–Trinajstić information content (AvgIpc) is 2.80. The minimum Gasteiger partial charge on any atom is -0.268 e. The van der Waals surface area contributed by atoms with E-state index in [1.54, 1.807) is 0 Å². The molecule has 2 rings (SSSR count). The molecule has 2 heterocycles. The third kappa shape index (κ3) is 2.68. The summed E-state index contributed by atoms with van der Waals surface area (Å²) in [5.74, 6) is 0. The van der Waals surface area contributed by atoms with E-state index in [4.69, 9.17) is 11.6 Å². The van der Waals surface area contributed by atoms with Crippen LogP contribution in [-0.4, -0.2) is 19.6 Å². The zero-order valence-corrected chi connectivity index (χ0v) is 13.0. The normalized spacial score (nSPS) is 12.9. The summed E-state index contributed by atoms with van der Waals surface area (Å²) in [7, 11) is 0. The number of hydrogen-bond acceptors (Lipinski definition) is 2. The Bertz CT molecular complexity index is 581. The molecule has 2 aromatic rings. The lowest BCUT2D eigenvalue weighted by Crippen LogP contribution is -2.10. The third-order valence-electron chi connectivity index (χ3n) is 3.43. The molecule has 1 atom stereocenters. The Labute approximate surface area is 119 Å². The van der Waals surface area contributed by atoms with Crippen molar-refractivity contribution in [1.82, 2.24) is 19.6 Å². The molecular weight excluding hydrogens is 260 g/mol. The second kappa shape index (κ2) is 5.37. The van der Waals surface area contributed by atoms with Crippen molar-refractivity contribution in [2.75, 3.05) is 0 Å². The molecule has 2 aromatic heterocycles. The van der Waals surface area contributed by atoms with E-state index in [2.05, 4.69) is 30.1 Å². The minimum atomic E-state index is -0.00780. The number of rotatable bonds is 4. The van der Waals surface area contributed by atoms with Gasteiger partial charge in [-0.25, -0.2) is 0 Å². The Hall–Kier alpha value is -1.29. The molecule has 0 saturated heterocycles. The summed E-state index contributed by atoms with van der Waals surface area (Å²) < 4.78 is 4.04. The lowest BCUT2D eigenvalue weighted by molar-refractivity contribution is 0.566. The van der Waals surface area contributed by atoms with E-state index in [9.17, 15) is 0 Å². The summed E-state index contributed by atoms with van der Waals surface area (Å²) in [6.07, 6.45) is 0. The molecule has 0 fully saturated rings. The summed E-state index contributed by atoms with van der Waals surface area (Å²) in [4.78, 5) is 0. The Morgan fingerprint density at radius 1 is 1.21 bits per heavy atom. The van der Waals surface area contributed by atoms with Crippen LogP contribution in [0.25, 0.3) is 0 Å². The maximum absolute atomic E-state index is 6.22. The van der Waals surface area contributed by atoms with Gasteiger partial charge in [-0.1, -0.05) is 0 Å². The highest BCUT2D eigenvalue weighted by Crippen LogP contribution is 2.26. The Balaban J connectivity index is 2.36. The number of halogens is 1. The van der Waals surface area contributed by atoms with Crippen molar-refractivity contribution in [3.05, 3.63) is 34.4 Å². The highest BCUT2D eigenvalue weighted by molar-refractivity contribution is 6.20. The maximum atomic E-state index is 6.22. The predicted octanol–water partition coefficient (Wildman–Crippen LogP) is 3.37. The van der Waals surface area contributed by atoms with Gasteiger partial charge < -0.3 is 0 Å². The topological polar surface area (TPSA) is 35.6 Å². The minimum absolute atomic E-state index is 0.00780.